The van der Waals surface area contributed by atoms with Crippen LogP contribution in [0.3, 0.4) is 0 Å². The number of nitrogens with zero attached hydrogens (tertiary/aromatic N) is 2. The number of rotatable bonds is 3. The van der Waals surface area contributed by atoms with E-state index in [1.807, 2.05) is 0 Å². The molecule has 1 aromatic heterocycles. The predicted molar refractivity (Wildman–Crippen MR) is 66.4 cm³/mol. The van der Waals surface area contributed by atoms with Gasteiger partial charge in [0.1, 0.15) is 11.3 Å². The summed E-state index contributed by atoms with van der Waals surface area (Å²) in [7, 11) is 1.77. The average Bonchev–Trinajstić information content (AvgIpc) is 2.60. The highest BCUT2D eigenvalue weighted by atomic mass is 16.6. The summed E-state index contributed by atoms with van der Waals surface area (Å²) in [5, 5.41) is 2.48. The maximum atomic E-state index is 11.9. The molecule has 0 radical (unpaired) electrons. The Bertz CT molecular complexity index is 446. The monoisotopic (exact) mass is 253 g/mol. The van der Waals surface area contributed by atoms with Crippen molar-refractivity contribution in [3.8, 4) is 0 Å². The first-order valence-corrected chi connectivity index (χ1v) is 5.71. The molecule has 6 heteroatoms. The molecule has 0 aliphatic carbocycles. The minimum atomic E-state index is -0.672. The van der Waals surface area contributed by atoms with E-state index in [0.29, 0.717) is 5.69 Å². The van der Waals surface area contributed by atoms with E-state index in [4.69, 9.17) is 4.74 Å². The Morgan fingerprint density at radius 1 is 1.44 bits per heavy atom. The molecule has 1 N–H and O–H groups in total. The van der Waals surface area contributed by atoms with Crippen molar-refractivity contribution in [2.45, 2.75) is 39.3 Å². The van der Waals surface area contributed by atoms with E-state index in [9.17, 15) is 9.59 Å². The first-order valence-electron chi connectivity index (χ1n) is 5.71. The van der Waals surface area contributed by atoms with Gasteiger partial charge < -0.3 is 14.6 Å². The smallest absolute Gasteiger partial charge is 0.408 e. The molecule has 1 heterocycles. The Kier molecular flexibility index (Phi) is 4.11. The molecule has 1 aromatic rings. The topological polar surface area (TPSA) is 73.2 Å². The summed E-state index contributed by atoms with van der Waals surface area (Å²) in [6, 6.07) is -0.672. The normalized spacial score (nSPS) is 12.9. The van der Waals surface area contributed by atoms with Crippen LogP contribution >= 0.6 is 0 Å². The van der Waals surface area contributed by atoms with E-state index in [1.165, 1.54) is 6.33 Å². The zero-order valence-corrected chi connectivity index (χ0v) is 11.4. The fraction of sp³-hybridized carbons (Fsp3) is 0.583. The molecule has 1 atom stereocenters. The van der Waals surface area contributed by atoms with Gasteiger partial charge in [-0.05, 0) is 27.7 Å². The third kappa shape index (κ3) is 4.20. The number of alkyl carbamates (subject to hydrolysis) is 1. The van der Waals surface area contributed by atoms with Crippen LogP contribution < -0.4 is 5.32 Å². The summed E-state index contributed by atoms with van der Waals surface area (Å²) in [5.41, 5.74) is -0.265. The van der Waals surface area contributed by atoms with Gasteiger partial charge in [0.15, 0.2) is 0 Å². The number of amides is 1. The molecule has 100 valence electrons. The lowest BCUT2D eigenvalue weighted by Gasteiger charge is -2.21. The second kappa shape index (κ2) is 5.20. The summed E-state index contributed by atoms with van der Waals surface area (Å²) >= 11 is 0. The van der Waals surface area contributed by atoms with Crippen molar-refractivity contribution in [3.63, 3.8) is 0 Å². The molecule has 0 spiro atoms. The fourth-order valence-corrected chi connectivity index (χ4v) is 1.31. The van der Waals surface area contributed by atoms with Crippen molar-refractivity contribution in [2.24, 2.45) is 7.05 Å². The maximum absolute atomic E-state index is 11.9. The number of nitrogens with one attached hydrogen (secondary N) is 1. The molecule has 18 heavy (non-hydrogen) atoms. The van der Waals surface area contributed by atoms with Crippen LogP contribution in [-0.2, 0) is 11.8 Å². The average molecular weight is 253 g/mol. The Morgan fingerprint density at radius 3 is 2.50 bits per heavy atom. The van der Waals surface area contributed by atoms with Crippen molar-refractivity contribution < 1.29 is 14.3 Å². The van der Waals surface area contributed by atoms with Crippen molar-refractivity contribution in [3.05, 3.63) is 18.2 Å². The van der Waals surface area contributed by atoms with E-state index in [-0.39, 0.29) is 5.78 Å². The van der Waals surface area contributed by atoms with E-state index in [2.05, 4.69) is 10.3 Å². The van der Waals surface area contributed by atoms with E-state index in [1.54, 1.807) is 45.5 Å². The number of aromatic nitrogens is 2. The molecular formula is C12H19N3O3. The maximum Gasteiger partial charge on any atom is 0.408 e. The van der Waals surface area contributed by atoms with Gasteiger partial charge in [0.25, 0.3) is 0 Å². The van der Waals surface area contributed by atoms with Gasteiger partial charge in [-0.2, -0.15) is 0 Å². The van der Waals surface area contributed by atoms with E-state index < -0.39 is 17.7 Å². The van der Waals surface area contributed by atoms with Gasteiger partial charge >= 0.3 is 6.09 Å². The summed E-state index contributed by atoms with van der Waals surface area (Å²) < 4.78 is 6.75. The minimum absolute atomic E-state index is 0.249. The largest absolute Gasteiger partial charge is 0.444 e. The van der Waals surface area contributed by atoms with Crippen molar-refractivity contribution >= 4 is 11.9 Å². The second-order valence-electron chi connectivity index (χ2n) is 5.16. The summed E-state index contributed by atoms with van der Waals surface area (Å²) in [4.78, 5) is 27.4. The van der Waals surface area contributed by atoms with Gasteiger partial charge in [0, 0.05) is 13.2 Å². The van der Waals surface area contributed by atoms with Crippen LogP contribution in [0, 0.1) is 0 Å². The molecule has 0 aromatic carbocycles. The summed E-state index contributed by atoms with van der Waals surface area (Å²) in [6.07, 6.45) is 2.53. The van der Waals surface area contributed by atoms with Gasteiger partial charge in [-0.3, -0.25) is 4.79 Å². The zero-order chi connectivity index (χ0) is 13.9. The lowest BCUT2D eigenvalue weighted by Crippen LogP contribution is -2.41. The van der Waals surface area contributed by atoms with Crippen LogP contribution in [0.15, 0.2) is 12.5 Å². The number of carbonyl (C=O) groups is 2. The van der Waals surface area contributed by atoms with Crippen LogP contribution in [0.1, 0.15) is 38.2 Å². The third-order valence-corrected chi connectivity index (χ3v) is 2.08. The van der Waals surface area contributed by atoms with E-state index >= 15 is 0 Å². The molecule has 1 rings (SSSR count). The molecule has 0 bridgehead atoms. The van der Waals surface area contributed by atoms with Gasteiger partial charge in [-0.1, -0.05) is 0 Å². The summed E-state index contributed by atoms with van der Waals surface area (Å²) in [5.74, 6) is -0.249. The molecule has 0 saturated heterocycles. The van der Waals surface area contributed by atoms with Crippen LogP contribution in [-0.4, -0.2) is 33.1 Å². The van der Waals surface area contributed by atoms with Gasteiger partial charge in [-0.25, -0.2) is 9.78 Å². The van der Waals surface area contributed by atoms with Crippen LogP contribution in [0.4, 0.5) is 4.79 Å². The number of imidazole rings is 1. The lowest BCUT2D eigenvalue weighted by atomic mass is 10.1. The van der Waals surface area contributed by atoms with E-state index in [0.717, 1.165) is 0 Å². The number of Topliss-reactive ketones (excluding diaryl/α,β-unsaturated/α-hetero) is 1. The molecule has 0 fully saturated rings. The number of aryl methyl sites for hydroxylation is 1. The third-order valence-electron chi connectivity index (χ3n) is 2.08. The molecule has 6 nitrogen and oxygen atoms in total. The Balaban J connectivity index is 2.58. The second-order valence-corrected chi connectivity index (χ2v) is 5.16. The first kappa shape index (κ1) is 14.2. The number of ether oxygens (including phenoxy) is 1. The highest BCUT2D eigenvalue weighted by molar-refractivity contribution is 5.99. The van der Waals surface area contributed by atoms with Crippen molar-refractivity contribution in [1.29, 1.82) is 0 Å². The molecular weight excluding hydrogens is 234 g/mol. The molecule has 1 unspecified atom stereocenters. The highest BCUT2D eigenvalue weighted by Crippen LogP contribution is 2.07. The number of carbonyl (C=O) groups excluding carboxylic acids is 2. The number of ketones is 1. The van der Waals surface area contributed by atoms with Gasteiger partial charge in [0.05, 0.1) is 12.4 Å². The fourth-order valence-electron chi connectivity index (χ4n) is 1.31. The minimum Gasteiger partial charge on any atom is -0.444 e. The molecule has 0 aliphatic heterocycles. The molecule has 0 aliphatic rings. The standard InChI is InChI=1S/C12H19N3O3/c1-8(14-11(17)18-12(2,3)4)10(16)9-6-15(5)7-13-9/h6-8H,1-5H3,(H,14,17). The Labute approximate surface area is 106 Å². The highest BCUT2D eigenvalue weighted by Gasteiger charge is 2.22. The first-order chi connectivity index (χ1) is 8.19. The van der Waals surface area contributed by atoms with Crippen LogP contribution in [0.25, 0.3) is 0 Å². The molecule has 1 amide bonds. The van der Waals surface area contributed by atoms with Crippen molar-refractivity contribution in [1.82, 2.24) is 14.9 Å². The Morgan fingerprint density at radius 2 is 2.06 bits per heavy atom. The van der Waals surface area contributed by atoms with Gasteiger partial charge in [-0.15, -0.1) is 0 Å². The van der Waals surface area contributed by atoms with Crippen LogP contribution in [0.2, 0.25) is 0 Å². The molecule has 0 saturated carbocycles. The Hall–Kier alpha value is -1.85. The zero-order valence-electron chi connectivity index (χ0n) is 11.4. The summed E-state index contributed by atoms with van der Waals surface area (Å²) in [6.45, 7) is 6.88. The number of hydrogen-bond acceptors (Lipinski definition) is 4. The lowest BCUT2D eigenvalue weighted by molar-refractivity contribution is 0.0496. The predicted octanol–water partition coefficient (Wildman–Crippen LogP) is 1.52. The van der Waals surface area contributed by atoms with Crippen LogP contribution in [0.5, 0.6) is 0 Å². The SMILES string of the molecule is CC(NC(=O)OC(C)(C)C)C(=O)c1cn(C)cn1. The van der Waals surface area contributed by atoms with Gasteiger partial charge in [0.2, 0.25) is 5.78 Å². The van der Waals surface area contributed by atoms with Crippen molar-refractivity contribution in [2.75, 3.05) is 0 Å². The number of hydrogen-bond donors (Lipinski definition) is 1. The quantitative estimate of drug-likeness (QED) is 0.829.